The minimum absolute atomic E-state index is 0.109. The first-order valence-corrected chi connectivity index (χ1v) is 11.8. The Labute approximate surface area is 198 Å². The molecule has 0 saturated carbocycles. The number of amides is 2. The van der Waals surface area contributed by atoms with E-state index in [1.54, 1.807) is 18.3 Å². The van der Waals surface area contributed by atoms with Crippen LogP contribution in [-0.4, -0.2) is 48.0 Å². The van der Waals surface area contributed by atoms with Gasteiger partial charge < -0.3 is 14.8 Å². The van der Waals surface area contributed by atoms with Crippen molar-refractivity contribution in [1.82, 2.24) is 29.6 Å². The first-order chi connectivity index (χ1) is 16.3. The molecule has 0 fully saturated rings. The van der Waals surface area contributed by atoms with Crippen molar-refractivity contribution in [2.75, 3.05) is 11.9 Å². The molecule has 2 aliphatic rings. The first kappa shape index (κ1) is 22.2. The highest BCUT2D eigenvalue weighted by Crippen LogP contribution is 2.26. The summed E-state index contributed by atoms with van der Waals surface area (Å²) >= 11 is 0. The molecule has 0 bridgehead atoms. The molecule has 0 aliphatic carbocycles. The van der Waals surface area contributed by atoms with Crippen LogP contribution in [0.2, 0.25) is 0 Å². The van der Waals surface area contributed by atoms with E-state index >= 15 is 0 Å². The molecule has 3 aromatic heterocycles. The fourth-order valence-corrected chi connectivity index (χ4v) is 4.52. The lowest BCUT2D eigenvalue weighted by atomic mass is 9.92. The third-order valence-corrected chi connectivity index (χ3v) is 6.34. The summed E-state index contributed by atoms with van der Waals surface area (Å²) in [6, 6.07) is 7.25. The van der Waals surface area contributed by atoms with E-state index in [9.17, 15) is 9.59 Å². The van der Waals surface area contributed by atoms with Gasteiger partial charge in [0.1, 0.15) is 23.0 Å². The van der Waals surface area contributed by atoms with Crippen molar-refractivity contribution in [3.63, 3.8) is 0 Å². The van der Waals surface area contributed by atoms with Crippen LogP contribution in [0.3, 0.4) is 0 Å². The number of aryl methyl sites for hydroxylation is 1. The molecule has 176 valence electrons. The summed E-state index contributed by atoms with van der Waals surface area (Å²) in [4.78, 5) is 36.5. The van der Waals surface area contributed by atoms with Crippen LogP contribution in [0.25, 0.3) is 11.5 Å². The Hall–Kier alpha value is -3.62. The minimum atomic E-state index is -0.439. The van der Waals surface area contributed by atoms with Gasteiger partial charge in [0.15, 0.2) is 5.82 Å². The van der Waals surface area contributed by atoms with Crippen LogP contribution >= 0.6 is 0 Å². The van der Waals surface area contributed by atoms with Gasteiger partial charge in [0.2, 0.25) is 5.91 Å². The number of hydrogen-bond donors (Lipinski definition) is 1. The van der Waals surface area contributed by atoms with Crippen LogP contribution in [0.5, 0.6) is 0 Å². The van der Waals surface area contributed by atoms with Crippen LogP contribution in [0.1, 0.15) is 61.1 Å². The second kappa shape index (κ2) is 8.62. The largest absolute Gasteiger partial charge is 0.338 e. The SMILES string of the molecule is CC(C)(C)C(=O)N1CCc2cnc(C(=O)Nc3cccc(-c4nnc5n4CCCC5)n3)cc2C1. The van der Waals surface area contributed by atoms with Gasteiger partial charge in [-0.05, 0) is 48.6 Å². The molecule has 2 amide bonds. The third-order valence-electron chi connectivity index (χ3n) is 6.34. The van der Waals surface area contributed by atoms with Crippen molar-refractivity contribution < 1.29 is 9.59 Å². The third kappa shape index (κ3) is 4.30. The number of nitrogens with one attached hydrogen (secondary N) is 1. The topological polar surface area (TPSA) is 106 Å². The molecule has 2 aliphatic heterocycles. The van der Waals surface area contributed by atoms with E-state index in [-0.39, 0.29) is 11.8 Å². The van der Waals surface area contributed by atoms with Crippen molar-refractivity contribution in [1.29, 1.82) is 0 Å². The Kier molecular flexibility index (Phi) is 5.63. The van der Waals surface area contributed by atoms with Gasteiger partial charge in [0, 0.05) is 37.7 Å². The van der Waals surface area contributed by atoms with E-state index in [2.05, 4.69) is 30.0 Å². The molecule has 34 heavy (non-hydrogen) atoms. The molecular formula is C25H29N7O2. The van der Waals surface area contributed by atoms with Gasteiger partial charge in [-0.1, -0.05) is 26.8 Å². The fraction of sp³-hybridized carbons (Fsp3) is 0.440. The van der Waals surface area contributed by atoms with Crippen molar-refractivity contribution >= 4 is 17.6 Å². The number of aromatic nitrogens is 5. The molecule has 9 heteroatoms. The summed E-state index contributed by atoms with van der Waals surface area (Å²) in [5, 5.41) is 11.5. The molecule has 0 saturated heterocycles. The Morgan fingerprint density at radius 2 is 1.88 bits per heavy atom. The molecule has 5 rings (SSSR count). The number of pyridine rings is 2. The molecule has 0 radical (unpaired) electrons. The summed E-state index contributed by atoms with van der Waals surface area (Å²) < 4.78 is 2.10. The zero-order valence-corrected chi connectivity index (χ0v) is 19.8. The van der Waals surface area contributed by atoms with Crippen molar-refractivity contribution in [2.24, 2.45) is 5.41 Å². The lowest BCUT2D eigenvalue weighted by Crippen LogP contribution is -2.42. The number of rotatable bonds is 3. The first-order valence-electron chi connectivity index (χ1n) is 11.8. The molecule has 5 heterocycles. The van der Waals surface area contributed by atoms with E-state index in [1.807, 2.05) is 37.8 Å². The van der Waals surface area contributed by atoms with Crippen molar-refractivity contribution in [2.45, 2.75) is 59.5 Å². The smallest absolute Gasteiger partial charge is 0.275 e. The Morgan fingerprint density at radius 3 is 2.71 bits per heavy atom. The maximum Gasteiger partial charge on any atom is 0.275 e. The van der Waals surface area contributed by atoms with Crippen molar-refractivity contribution in [3.05, 3.63) is 53.1 Å². The normalized spacial score (nSPS) is 15.4. The van der Waals surface area contributed by atoms with Crippen LogP contribution in [0, 0.1) is 5.41 Å². The summed E-state index contributed by atoms with van der Waals surface area (Å²) in [6.07, 6.45) is 5.62. The number of fused-ring (bicyclic) bond motifs is 2. The summed E-state index contributed by atoms with van der Waals surface area (Å²) in [6.45, 7) is 7.80. The predicted molar refractivity (Wildman–Crippen MR) is 127 cm³/mol. The predicted octanol–water partition coefficient (Wildman–Crippen LogP) is 3.25. The average Bonchev–Trinajstić information content (AvgIpc) is 3.27. The average molecular weight is 460 g/mol. The molecule has 0 atom stereocenters. The monoisotopic (exact) mass is 459 g/mol. The fourth-order valence-electron chi connectivity index (χ4n) is 4.52. The minimum Gasteiger partial charge on any atom is -0.338 e. The van der Waals surface area contributed by atoms with Gasteiger partial charge in [-0.2, -0.15) is 0 Å². The lowest BCUT2D eigenvalue weighted by molar-refractivity contribution is -0.140. The van der Waals surface area contributed by atoms with Gasteiger partial charge in [0.05, 0.1) is 0 Å². The van der Waals surface area contributed by atoms with Gasteiger partial charge >= 0.3 is 0 Å². The maximum atomic E-state index is 13.0. The lowest BCUT2D eigenvalue weighted by Gasteiger charge is -2.33. The van der Waals surface area contributed by atoms with E-state index in [0.29, 0.717) is 30.3 Å². The summed E-state index contributed by atoms with van der Waals surface area (Å²) in [7, 11) is 0. The van der Waals surface area contributed by atoms with E-state index in [4.69, 9.17) is 0 Å². The molecule has 0 aromatic carbocycles. The zero-order chi connectivity index (χ0) is 23.9. The van der Waals surface area contributed by atoms with Gasteiger partial charge in [0.25, 0.3) is 5.91 Å². The van der Waals surface area contributed by atoms with Crippen molar-refractivity contribution in [3.8, 4) is 11.5 Å². The summed E-state index contributed by atoms with van der Waals surface area (Å²) in [5.74, 6) is 1.91. The molecule has 3 aromatic rings. The van der Waals surface area contributed by atoms with Gasteiger partial charge in [-0.15, -0.1) is 10.2 Å². The second-order valence-electron chi connectivity index (χ2n) is 9.98. The van der Waals surface area contributed by atoms with E-state index < -0.39 is 5.41 Å². The number of carbonyl (C=O) groups is 2. The molecule has 0 unspecified atom stereocenters. The Balaban J connectivity index is 1.33. The Bertz CT molecular complexity index is 1260. The second-order valence-corrected chi connectivity index (χ2v) is 9.98. The standard InChI is InChI=1S/C25H29N7O2/c1-25(2,3)24(34)31-12-10-16-14-26-19(13-17(16)15-31)23(33)28-20-8-6-7-18(27-20)22-30-29-21-9-4-5-11-32(21)22/h6-8,13-14H,4-5,9-12,15H2,1-3H3,(H,27,28,33). The summed E-state index contributed by atoms with van der Waals surface area (Å²) in [5.41, 5.74) is 2.57. The van der Waals surface area contributed by atoms with E-state index in [1.165, 1.54) is 0 Å². The zero-order valence-electron chi connectivity index (χ0n) is 19.8. The molecule has 1 N–H and O–H groups in total. The van der Waals surface area contributed by atoms with Gasteiger partial charge in [-0.25, -0.2) is 4.98 Å². The molecular weight excluding hydrogens is 430 g/mol. The van der Waals surface area contributed by atoms with E-state index in [0.717, 1.165) is 55.0 Å². The number of anilines is 1. The quantitative estimate of drug-likeness (QED) is 0.644. The number of nitrogens with zero attached hydrogens (tertiary/aromatic N) is 6. The van der Waals surface area contributed by atoms with Gasteiger partial charge in [-0.3, -0.25) is 14.6 Å². The molecule has 0 spiro atoms. The number of carbonyl (C=O) groups excluding carboxylic acids is 2. The number of hydrogen-bond acceptors (Lipinski definition) is 6. The highest BCUT2D eigenvalue weighted by Gasteiger charge is 2.30. The highest BCUT2D eigenvalue weighted by atomic mass is 16.2. The Morgan fingerprint density at radius 1 is 1.03 bits per heavy atom. The van der Waals surface area contributed by atoms with Crippen LogP contribution in [0.4, 0.5) is 5.82 Å². The molecule has 9 nitrogen and oxygen atoms in total. The van der Waals surface area contributed by atoms with Crippen LogP contribution in [-0.2, 0) is 30.7 Å². The highest BCUT2D eigenvalue weighted by molar-refractivity contribution is 6.02. The van der Waals surface area contributed by atoms with Crippen LogP contribution in [0.15, 0.2) is 30.5 Å². The van der Waals surface area contributed by atoms with Crippen LogP contribution < -0.4 is 5.32 Å². The maximum absolute atomic E-state index is 13.0.